The van der Waals surface area contributed by atoms with Gasteiger partial charge in [0, 0.05) is 48.9 Å². The topological polar surface area (TPSA) is 101 Å². The second-order valence-electron chi connectivity index (χ2n) is 10.8. The molecular formula is C29H31FN4O4S. The van der Waals surface area contributed by atoms with Crippen LogP contribution in [0.5, 0.6) is 0 Å². The zero-order chi connectivity index (χ0) is 27.1. The number of benzene rings is 2. The molecule has 6 rings (SSSR count). The first-order valence-corrected chi connectivity index (χ1v) is 14.9. The van der Waals surface area contributed by atoms with Crippen molar-refractivity contribution < 1.29 is 17.6 Å². The average molecular weight is 551 g/mol. The highest BCUT2D eigenvalue weighted by molar-refractivity contribution is 7.92. The SMILES string of the molecule is O=C(NC1CCCC1)c1ccc(N2CC3CC(C2)c2cccc(=O)n2C3)c(NS(=O)(=O)c2ccc(F)cc2)c1. The lowest BCUT2D eigenvalue weighted by Gasteiger charge is -2.44. The molecule has 2 unspecified atom stereocenters. The molecule has 1 aromatic heterocycles. The summed E-state index contributed by atoms with van der Waals surface area (Å²) in [5.74, 6) is -0.416. The Balaban J connectivity index is 1.34. The smallest absolute Gasteiger partial charge is 0.261 e. The van der Waals surface area contributed by atoms with Gasteiger partial charge in [-0.25, -0.2) is 12.8 Å². The van der Waals surface area contributed by atoms with Gasteiger partial charge in [0.15, 0.2) is 0 Å². The van der Waals surface area contributed by atoms with Gasteiger partial charge in [-0.15, -0.1) is 0 Å². The van der Waals surface area contributed by atoms with Gasteiger partial charge >= 0.3 is 0 Å². The van der Waals surface area contributed by atoms with E-state index < -0.39 is 15.8 Å². The van der Waals surface area contributed by atoms with Gasteiger partial charge in [-0.2, -0.15) is 0 Å². The molecule has 10 heteroatoms. The Morgan fingerprint density at radius 2 is 1.72 bits per heavy atom. The minimum absolute atomic E-state index is 0.000949. The number of carbonyl (C=O) groups excluding carboxylic acids is 1. The molecule has 2 bridgehead atoms. The minimum Gasteiger partial charge on any atom is -0.369 e. The Labute approximate surface area is 226 Å². The molecule has 2 N–H and O–H groups in total. The number of amides is 1. The fourth-order valence-corrected chi connectivity index (χ4v) is 7.35. The molecule has 2 fully saturated rings. The Morgan fingerprint density at radius 3 is 2.49 bits per heavy atom. The van der Waals surface area contributed by atoms with Gasteiger partial charge in [0.25, 0.3) is 21.5 Å². The van der Waals surface area contributed by atoms with E-state index in [1.807, 2.05) is 10.6 Å². The third-order valence-electron chi connectivity index (χ3n) is 8.14. The normalized spacial score (nSPS) is 20.9. The lowest BCUT2D eigenvalue weighted by Crippen LogP contribution is -2.47. The highest BCUT2D eigenvalue weighted by Crippen LogP contribution is 2.40. The second kappa shape index (κ2) is 10.1. The number of nitrogens with one attached hydrogen (secondary N) is 2. The summed E-state index contributed by atoms with van der Waals surface area (Å²) in [6.45, 7) is 1.87. The lowest BCUT2D eigenvalue weighted by atomic mass is 9.83. The van der Waals surface area contributed by atoms with Crippen LogP contribution in [0, 0.1) is 11.7 Å². The second-order valence-corrected chi connectivity index (χ2v) is 12.5. The van der Waals surface area contributed by atoms with Gasteiger partial charge < -0.3 is 14.8 Å². The molecule has 2 aromatic carbocycles. The molecule has 0 spiro atoms. The predicted molar refractivity (Wildman–Crippen MR) is 147 cm³/mol. The quantitative estimate of drug-likeness (QED) is 0.482. The van der Waals surface area contributed by atoms with Gasteiger partial charge in [0.1, 0.15) is 5.82 Å². The van der Waals surface area contributed by atoms with Crippen molar-refractivity contribution in [2.45, 2.75) is 55.5 Å². The number of aromatic nitrogens is 1. The average Bonchev–Trinajstić information content (AvgIpc) is 3.42. The number of piperidine rings is 1. The fraction of sp³-hybridized carbons (Fsp3) is 0.379. The first kappa shape index (κ1) is 25.6. The molecule has 2 aliphatic heterocycles. The van der Waals surface area contributed by atoms with Crippen molar-refractivity contribution in [2.75, 3.05) is 22.7 Å². The highest BCUT2D eigenvalue weighted by atomic mass is 32.2. The molecule has 3 aromatic rings. The maximum absolute atomic E-state index is 13.5. The van der Waals surface area contributed by atoms with E-state index in [-0.39, 0.29) is 34.2 Å². The van der Waals surface area contributed by atoms with Crippen molar-refractivity contribution in [3.05, 3.63) is 88.1 Å². The number of nitrogens with zero attached hydrogens (tertiary/aromatic N) is 2. The number of hydrogen-bond donors (Lipinski definition) is 2. The summed E-state index contributed by atoms with van der Waals surface area (Å²) in [5.41, 5.74) is 2.32. The van der Waals surface area contributed by atoms with Crippen LogP contribution in [-0.2, 0) is 16.6 Å². The van der Waals surface area contributed by atoms with Crippen LogP contribution in [0.2, 0.25) is 0 Å². The summed E-state index contributed by atoms with van der Waals surface area (Å²) in [6, 6.07) is 15.2. The molecule has 39 heavy (non-hydrogen) atoms. The van der Waals surface area contributed by atoms with E-state index in [1.54, 1.807) is 30.3 Å². The van der Waals surface area contributed by atoms with Gasteiger partial charge in [-0.05, 0) is 73.7 Å². The summed E-state index contributed by atoms with van der Waals surface area (Å²) in [7, 11) is -4.05. The van der Waals surface area contributed by atoms with Crippen molar-refractivity contribution in [2.24, 2.45) is 5.92 Å². The fourth-order valence-electron chi connectivity index (χ4n) is 6.28. The predicted octanol–water partition coefficient (Wildman–Crippen LogP) is 4.08. The van der Waals surface area contributed by atoms with Crippen LogP contribution < -0.4 is 20.5 Å². The third-order valence-corrected chi connectivity index (χ3v) is 9.52. The monoisotopic (exact) mass is 550 g/mol. The third kappa shape index (κ3) is 5.17. The van der Waals surface area contributed by atoms with E-state index in [0.29, 0.717) is 36.6 Å². The highest BCUT2D eigenvalue weighted by Gasteiger charge is 2.35. The lowest BCUT2D eigenvalue weighted by molar-refractivity contribution is 0.0938. The van der Waals surface area contributed by atoms with Gasteiger partial charge in [0.05, 0.1) is 16.3 Å². The van der Waals surface area contributed by atoms with Crippen molar-refractivity contribution in [1.82, 2.24) is 9.88 Å². The molecule has 8 nitrogen and oxygen atoms in total. The van der Waals surface area contributed by atoms with Crippen LogP contribution in [0.15, 0.2) is 70.4 Å². The maximum atomic E-state index is 13.5. The Bertz CT molecular complexity index is 1560. The number of rotatable bonds is 6. The van der Waals surface area contributed by atoms with Gasteiger partial charge in [-0.1, -0.05) is 18.9 Å². The molecule has 204 valence electrons. The van der Waals surface area contributed by atoms with Crippen LogP contribution in [0.25, 0.3) is 0 Å². The van der Waals surface area contributed by atoms with E-state index >= 15 is 0 Å². The number of anilines is 2. The summed E-state index contributed by atoms with van der Waals surface area (Å²) >= 11 is 0. The first-order valence-electron chi connectivity index (χ1n) is 13.4. The summed E-state index contributed by atoms with van der Waals surface area (Å²) < 4.78 is 44.6. The van der Waals surface area contributed by atoms with Crippen LogP contribution in [-0.4, -0.2) is 38.0 Å². The van der Waals surface area contributed by atoms with Crippen molar-refractivity contribution in [3.63, 3.8) is 0 Å². The van der Waals surface area contributed by atoms with Crippen LogP contribution >= 0.6 is 0 Å². The minimum atomic E-state index is -4.05. The molecule has 1 aliphatic carbocycles. The molecule has 2 atom stereocenters. The van der Waals surface area contributed by atoms with Crippen molar-refractivity contribution >= 4 is 27.3 Å². The summed E-state index contributed by atoms with van der Waals surface area (Å²) in [5, 5.41) is 3.07. The molecule has 1 saturated carbocycles. The van der Waals surface area contributed by atoms with Gasteiger partial charge in [0.2, 0.25) is 0 Å². The zero-order valence-electron chi connectivity index (χ0n) is 21.5. The van der Waals surface area contributed by atoms with E-state index in [9.17, 15) is 22.4 Å². The Kier molecular flexibility index (Phi) is 6.66. The molecular weight excluding hydrogens is 519 g/mol. The number of fused-ring (bicyclic) bond motifs is 4. The number of sulfonamides is 1. The number of pyridine rings is 1. The number of carbonyl (C=O) groups is 1. The molecule has 1 amide bonds. The van der Waals surface area contributed by atoms with E-state index in [1.165, 1.54) is 12.1 Å². The number of halogens is 1. The van der Waals surface area contributed by atoms with E-state index in [2.05, 4.69) is 14.9 Å². The van der Waals surface area contributed by atoms with Crippen LogP contribution in [0.3, 0.4) is 0 Å². The number of hydrogen-bond acceptors (Lipinski definition) is 5. The van der Waals surface area contributed by atoms with Crippen molar-refractivity contribution in [1.29, 1.82) is 0 Å². The van der Waals surface area contributed by atoms with Gasteiger partial charge in [-0.3, -0.25) is 14.3 Å². The first-order chi connectivity index (χ1) is 18.8. The largest absolute Gasteiger partial charge is 0.369 e. The maximum Gasteiger partial charge on any atom is 0.261 e. The van der Waals surface area contributed by atoms with Crippen molar-refractivity contribution in [3.8, 4) is 0 Å². The van der Waals surface area contributed by atoms with Crippen LogP contribution in [0.4, 0.5) is 15.8 Å². The zero-order valence-corrected chi connectivity index (χ0v) is 22.3. The standard InChI is InChI=1S/C29H31FN4O4S/c30-22-9-11-24(12-10-22)39(37,38)32-25-15-20(29(36)31-23-4-1-2-5-23)8-13-27(25)33-16-19-14-21(18-33)26-6-3-7-28(35)34(26)17-19/h3,6-13,15,19,21,23,32H,1-2,4-5,14,16-18H2,(H,31,36). The van der Waals surface area contributed by atoms with E-state index in [0.717, 1.165) is 49.9 Å². The Morgan fingerprint density at radius 1 is 0.949 bits per heavy atom. The summed E-state index contributed by atoms with van der Waals surface area (Å²) in [4.78, 5) is 27.6. The Hall–Kier alpha value is -3.66. The molecule has 3 heterocycles. The van der Waals surface area contributed by atoms with Crippen LogP contribution in [0.1, 0.15) is 54.1 Å². The van der Waals surface area contributed by atoms with E-state index in [4.69, 9.17) is 0 Å². The summed E-state index contributed by atoms with van der Waals surface area (Å²) in [6.07, 6.45) is 5.00. The molecule has 3 aliphatic rings. The molecule has 1 saturated heterocycles. The molecule has 0 radical (unpaired) electrons.